The van der Waals surface area contributed by atoms with E-state index < -0.39 is 15.6 Å². The summed E-state index contributed by atoms with van der Waals surface area (Å²) < 4.78 is 20.3. The minimum Gasteiger partial charge on any atom is -0.333 e. The molecule has 80 valence electrons. The molecule has 0 saturated heterocycles. The van der Waals surface area contributed by atoms with Crippen molar-refractivity contribution in [3.63, 3.8) is 0 Å². The molecule has 0 aliphatic heterocycles. The van der Waals surface area contributed by atoms with Crippen molar-refractivity contribution >= 4 is 15.6 Å². The lowest BCUT2D eigenvalue weighted by molar-refractivity contribution is 0.371. The van der Waals surface area contributed by atoms with E-state index in [1.807, 2.05) is 0 Å². The van der Waals surface area contributed by atoms with E-state index in [4.69, 9.17) is 14.7 Å². The van der Waals surface area contributed by atoms with Crippen LogP contribution in [-0.4, -0.2) is 34.1 Å². The molecule has 0 rings (SSSR count). The van der Waals surface area contributed by atoms with Gasteiger partial charge < -0.3 is 15.5 Å². The van der Waals surface area contributed by atoms with Crippen molar-refractivity contribution in [2.45, 2.75) is 12.8 Å². The van der Waals surface area contributed by atoms with Gasteiger partial charge in [-0.25, -0.2) is 0 Å². The van der Waals surface area contributed by atoms with E-state index in [0.29, 0.717) is 12.8 Å². The summed E-state index contributed by atoms with van der Waals surface area (Å²) in [6.45, 7) is 0. The number of hydrogen-bond acceptors (Lipinski definition) is 3. The van der Waals surface area contributed by atoms with E-state index >= 15 is 0 Å². The lowest BCUT2D eigenvalue weighted by Crippen LogP contribution is -1.89. The van der Waals surface area contributed by atoms with Crippen molar-refractivity contribution in [1.29, 1.82) is 0 Å². The van der Waals surface area contributed by atoms with Crippen molar-refractivity contribution < 1.29 is 23.8 Å². The molecule has 13 heavy (non-hydrogen) atoms. The number of unbranched alkanes of at least 4 members (excludes halogenated alkanes) is 1. The Bertz CT molecular complexity index is 180. The lowest BCUT2D eigenvalue weighted by atomic mass is 10.4. The van der Waals surface area contributed by atoms with Crippen LogP contribution >= 0.6 is 15.6 Å². The molecule has 0 saturated carbocycles. The Morgan fingerprint density at radius 3 is 2.08 bits per heavy atom. The molecule has 8 heteroatoms. The average Bonchev–Trinajstić information content (AvgIpc) is 2.00. The fourth-order valence-corrected chi connectivity index (χ4v) is 1.69. The monoisotopic (exact) mass is 232 g/mol. The van der Waals surface area contributed by atoms with Crippen LogP contribution in [-0.2, 0) is 9.13 Å². The maximum absolute atomic E-state index is 10.2. The van der Waals surface area contributed by atoms with Crippen molar-refractivity contribution in [3.8, 4) is 0 Å². The molecule has 0 bridgehead atoms. The predicted octanol–water partition coefficient (Wildman–Crippen LogP) is 0.254. The Balaban J connectivity index is 0. The Labute approximate surface area is 78.2 Å². The van der Waals surface area contributed by atoms with Gasteiger partial charge in [0.25, 0.3) is 0 Å². The largest absolute Gasteiger partial charge is 0.505 e. The third-order valence-electron chi connectivity index (χ3n) is 1.05. The van der Waals surface area contributed by atoms with Gasteiger partial charge in [-0.2, -0.15) is 4.89 Å². The Kier molecular flexibility index (Phi) is 10.5. The molecule has 0 heterocycles. The molecule has 0 aromatic rings. The highest BCUT2D eigenvalue weighted by atomic mass is 31.2. The van der Waals surface area contributed by atoms with E-state index in [1.54, 1.807) is 0 Å². The minimum absolute atomic E-state index is 0.120. The molecule has 0 radical (unpaired) electrons. The minimum atomic E-state index is -3.90. The van der Waals surface area contributed by atoms with Crippen molar-refractivity contribution in [3.05, 3.63) is 0 Å². The van der Waals surface area contributed by atoms with Crippen LogP contribution in [0.25, 0.3) is 0 Å². The molecule has 0 aromatic carbocycles. The highest BCUT2D eigenvalue weighted by molar-refractivity contribution is 7.51. The summed E-state index contributed by atoms with van der Waals surface area (Å²) in [5, 5.41) is 0. The van der Waals surface area contributed by atoms with Crippen LogP contribution in [0.3, 0.4) is 0 Å². The van der Waals surface area contributed by atoms with E-state index in [2.05, 4.69) is 5.73 Å². The number of hydrogen-bond donors (Lipinski definition) is 4. The maximum atomic E-state index is 10.2. The summed E-state index contributed by atoms with van der Waals surface area (Å²) in [6, 6.07) is 0. The van der Waals surface area contributed by atoms with Crippen LogP contribution < -0.4 is 5.73 Å². The normalized spacial score (nSPS) is 11.6. The molecule has 6 nitrogen and oxygen atoms in total. The molecular formula is C5H16NO5P2+. The zero-order valence-corrected chi connectivity index (χ0v) is 9.25. The second kappa shape index (κ2) is 8.75. The molecule has 0 spiro atoms. The zero-order valence-electron chi connectivity index (χ0n) is 7.46. The second-order valence-electron chi connectivity index (χ2n) is 2.17. The van der Waals surface area contributed by atoms with Gasteiger partial charge in [-0.15, -0.1) is 0 Å². The van der Waals surface area contributed by atoms with Crippen molar-refractivity contribution in [2.24, 2.45) is 5.73 Å². The average molecular weight is 232 g/mol. The summed E-state index contributed by atoms with van der Waals surface area (Å²) in [4.78, 5) is 25.0. The van der Waals surface area contributed by atoms with Crippen LogP contribution in [0, 0.1) is 0 Å². The van der Waals surface area contributed by atoms with E-state index in [0.717, 1.165) is 0 Å². The summed E-state index contributed by atoms with van der Waals surface area (Å²) in [6.07, 6.45) is 0.605. The predicted molar refractivity (Wildman–Crippen MR) is 50.9 cm³/mol. The van der Waals surface area contributed by atoms with Crippen LogP contribution in [0.1, 0.15) is 12.8 Å². The van der Waals surface area contributed by atoms with Gasteiger partial charge in [0, 0.05) is 6.16 Å². The van der Waals surface area contributed by atoms with Crippen LogP contribution in [0.15, 0.2) is 0 Å². The van der Waals surface area contributed by atoms with Crippen LogP contribution in [0.2, 0.25) is 0 Å². The SMILES string of the molecule is CN.O=[P+](O)CCCCP(=O)(O)O. The smallest absolute Gasteiger partial charge is 0.333 e. The molecule has 0 aliphatic carbocycles. The van der Waals surface area contributed by atoms with Crippen LogP contribution in [0.4, 0.5) is 0 Å². The topological polar surface area (TPSA) is 121 Å². The molecular weight excluding hydrogens is 216 g/mol. The molecule has 0 amide bonds. The highest BCUT2D eigenvalue weighted by Crippen LogP contribution is 2.35. The maximum Gasteiger partial charge on any atom is 0.505 e. The molecule has 1 atom stereocenters. The zero-order chi connectivity index (χ0) is 10.9. The number of nitrogens with two attached hydrogens (primary N) is 1. The summed E-state index contributed by atoms with van der Waals surface area (Å²) >= 11 is 0. The van der Waals surface area contributed by atoms with Gasteiger partial charge in [-0.3, -0.25) is 4.57 Å². The van der Waals surface area contributed by atoms with Crippen LogP contribution in [0.5, 0.6) is 0 Å². The van der Waals surface area contributed by atoms with Gasteiger partial charge in [0.1, 0.15) is 0 Å². The standard InChI is InChI=1S/C4H10O5P2.CH5N/c5-10(6)3-1-2-4-11(7,8)9;1-2/h1-4H2,(H2-,5,6,7,8,9);2H2,1H3/p+1. The quantitative estimate of drug-likeness (QED) is 0.398. The van der Waals surface area contributed by atoms with Gasteiger partial charge in [0.05, 0.1) is 0 Å². The van der Waals surface area contributed by atoms with Gasteiger partial charge >= 0.3 is 15.6 Å². The summed E-state index contributed by atoms with van der Waals surface area (Å²) in [5.41, 5.74) is 4.50. The lowest BCUT2D eigenvalue weighted by Gasteiger charge is -1.99. The summed E-state index contributed by atoms with van der Waals surface area (Å²) in [7, 11) is -4.55. The molecule has 1 unspecified atom stereocenters. The van der Waals surface area contributed by atoms with Gasteiger partial charge in [-0.1, -0.05) is 0 Å². The molecule has 0 fully saturated rings. The Hall–Kier alpha value is 0.170. The first kappa shape index (κ1) is 15.6. The van der Waals surface area contributed by atoms with Crippen molar-refractivity contribution in [2.75, 3.05) is 19.4 Å². The fraction of sp³-hybridized carbons (Fsp3) is 1.00. The second-order valence-corrected chi connectivity index (χ2v) is 5.10. The summed E-state index contributed by atoms with van der Waals surface area (Å²) in [5.74, 6) is 0. The van der Waals surface area contributed by atoms with Gasteiger partial charge in [0.2, 0.25) is 0 Å². The third kappa shape index (κ3) is 18.9. The van der Waals surface area contributed by atoms with E-state index in [-0.39, 0.29) is 12.3 Å². The Morgan fingerprint density at radius 1 is 1.31 bits per heavy atom. The number of rotatable bonds is 5. The molecule has 5 N–H and O–H groups in total. The first-order valence-corrected chi connectivity index (χ1v) is 6.87. The van der Waals surface area contributed by atoms with E-state index in [1.165, 1.54) is 7.05 Å². The Morgan fingerprint density at radius 2 is 1.77 bits per heavy atom. The first-order chi connectivity index (χ1) is 5.92. The van der Waals surface area contributed by atoms with E-state index in [9.17, 15) is 9.13 Å². The molecule has 0 aliphatic rings. The highest BCUT2D eigenvalue weighted by Gasteiger charge is 2.14. The van der Waals surface area contributed by atoms with Gasteiger partial charge in [0.15, 0.2) is 6.16 Å². The van der Waals surface area contributed by atoms with Gasteiger partial charge in [-0.05, 0) is 24.5 Å². The first-order valence-electron chi connectivity index (χ1n) is 3.67. The molecule has 0 aromatic heterocycles. The fourth-order valence-electron chi connectivity index (χ4n) is 0.565. The third-order valence-corrected chi connectivity index (χ3v) is 2.65. The van der Waals surface area contributed by atoms with Crippen molar-refractivity contribution in [1.82, 2.24) is 0 Å².